The van der Waals surface area contributed by atoms with Crippen molar-refractivity contribution in [2.75, 3.05) is 13.6 Å². The van der Waals surface area contributed by atoms with Crippen molar-refractivity contribution in [1.82, 2.24) is 15.1 Å². The number of hydrogen-bond acceptors (Lipinski definition) is 2. The second kappa shape index (κ2) is 5.46. The lowest BCUT2D eigenvalue weighted by molar-refractivity contribution is 0.598. The van der Waals surface area contributed by atoms with E-state index >= 15 is 0 Å². The van der Waals surface area contributed by atoms with Crippen LogP contribution in [0.5, 0.6) is 0 Å². The Morgan fingerprint density at radius 2 is 2.36 bits per heavy atom. The maximum atomic E-state index is 4.37. The predicted molar refractivity (Wildman–Crippen MR) is 58.1 cm³/mol. The van der Waals surface area contributed by atoms with Crippen LogP contribution in [0.2, 0.25) is 0 Å². The minimum atomic E-state index is 0.721. The molecule has 0 aliphatic heterocycles. The van der Waals surface area contributed by atoms with Gasteiger partial charge in [-0.3, -0.25) is 4.68 Å². The smallest absolute Gasteiger partial charge is 0.0750 e. The Kier molecular flexibility index (Phi) is 4.21. The third-order valence-corrected chi connectivity index (χ3v) is 1.89. The van der Waals surface area contributed by atoms with Gasteiger partial charge < -0.3 is 5.32 Å². The predicted octanol–water partition coefficient (Wildman–Crippen LogP) is 1.17. The van der Waals surface area contributed by atoms with Crippen LogP contribution in [0.3, 0.4) is 0 Å². The molecule has 1 heterocycles. The summed E-state index contributed by atoms with van der Waals surface area (Å²) in [7, 11) is 1.89. The Labute approximate surface area is 85.5 Å². The summed E-state index contributed by atoms with van der Waals surface area (Å²) in [6.45, 7) is 5.83. The van der Waals surface area contributed by atoms with E-state index in [9.17, 15) is 0 Å². The Hall–Kier alpha value is -1.27. The van der Waals surface area contributed by atoms with Gasteiger partial charge in [-0.25, -0.2) is 0 Å². The minimum absolute atomic E-state index is 0.721. The lowest BCUT2D eigenvalue weighted by Gasteiger charge is -1.93. The molecule has 1 rings (SSSR count). The maximum absolute atomic E-state index is 4.37. The zero-order valence-electron chi connectivity index (χ0n) is 9.09. The molecule has 0 saturated carbocycles. The van der Waals surface area contributed by atoms with Gasteiger partial charge in [0.15, 0.2) is 0 Å². The summed E-state index contributed by atoms with van der Waals surface area (Å²) in [5.41, 5.74) is 2.05. The summed E-state index contributed by atoms with van der Waals surface area (Å²) in [6, 6.07) is 0. The molecule has 76 valence electrons. The number of rotatable bonds is 3. The van der Waals surface area contributed by atoms with Gasteiger partial charge in [-0.2, -0.15) is 5.10 Å². The molecule has 0 saturated heterocycles. The number of nitrogens with one attached hydrogen (secondary N) is 1. The zero-order valence-corrected chi connectivity index (χ0v) is 9.09. The lowest BCUT2D eigenvalue weighted by Crippen LogP contribution is -2.04. The van der Waals surface area contributed by atoms with Crippen LogP contribution in [-0.2, 0) is 6.54 Å². The molecule has 1 aromatic heterocycles. The van der Waals surface area contributed by atoms with Crippen LogP contribution in [-0.4, -0.2) is 23.4 Å². The fourth-order valence-corrected chi connectivity index (χ4v) is 1.21. The molecular weight excluding hydrogens is 174 g/mol. The standard InChI is InChI=1S/C11H17N3/c1-4-8-14-9-11(10(2)13-14)6-5-7-12-3/h9,12H,4,7-8H2,1-3H3. The van der Waals surface area contributed by atoms with Crippen LogP contribution in [0.1, 0.15) is 24.6 Å². The molecule has 0 amide bonds. The van der Waals surface area contributed by atoms with Gasteiger partial charge in [-0.05, 0) is 20.4 Å². The first-order valence-electron chi connectivity index (χ1n) is 4.95. The molecule has 0 aliphatic rings. The lowest BCUT2D eigenvalue weighted by atomic mass is 10.3. The third-order valence-electron chi connectivity index (χ3n) is 1.89. The highest BCUT2D eigenvalue weighted by molar-refractivity contribution is 5.35. The molecule has 0 aromatic carbocycles. The molecule has 1 N–H and O–H groups in total. The van der Waals surface area contributed by atoms with E-state index in [1.165, 1.54) is 0 Å². The van der Waals surface area contributed by atoms with E-state index in [2.05, 4.69) is 29.2 Å². The van der Waals surface area contributed by atoms with Gasteiger partial charge in [0.1, 0.15) is 0 Å². The number of aromatic nitrogens is 2. The van der Waals surface area contributed by atoms with Crippen molar-refractivity contribution >= 4 is 0 Å². The average molecular weight is 191 g/mol. The molecule has 14 heavy (non-hydrogen) atoms. The molecule has 0 radical (unpaired) electrons. The van der Waals surface area contributed by atoms with Gasteiger partial charge in [0, 0.05) is 12.7 Å². The number of aryl methyl sites for hydroxylation is 2. The van der Waals surface area contributed by atoms with Crippen LogP contribution >= 0.6 is 0 Å². The topological polar surface area (TPSA) is 29.9 Å². The second-order valence-corrected chi connectivity index (χ2v) is 3.22. The van der Waals surface area contributed by atoms with Gasteiger partial charge >= 0.3 is 0 Å². The molecule has 0 bridgehead atoms. The van der Waals surface area contributed by atoms with Crippen LogP contribution in [0.25, 0.3) is 0 Å². The van der Waals surface area contributed by atoms with Gasteiger partial charge in [0.25, 0.3) is 0 Å². The molecule has 0 atom stereocenters. The number of hydrogen-bond donors (Lipinski definition) is 1. The molecule has 3 nitrogen and oxygen atoms in total. The SMILES string of the molecule is CCCn1cc(C#CCNC)c(C)n1. The summed E-state index contributed by atoms with van der Waals surface area (Å²) >= 11 is 0. The highest BCUT2D eigenvalue weighted by Crippen LogP contribution is 2.03. The first kappa shape index (κ1) is 10.8. The summed E-state index contributed by atoms with van der Waals surface area (Å²) in [5.74, 6) is 6.13. The van der Waals surface area contributed by atoms with E-state index in [0.29, 0.717) is 0 Å². The van der Waals surface area contributed by atoms with Gasteiger partial charge in [-0.1, -0.05) is 18.8 Å². The van der Waals surface area contributed by atoms with Crippen molar-refractivity contribution in [3.05, 3.63) is 17.5 Å². The molecule has 0 aliphatic carbocycles. The Bertz CT molecular complexity index is 341. The maximum Gasteiger partial charge on any atom is 0.0750 e. The third kappa shape index (κ3) is 2.90. The van der Waals surface area contributed by atoms with Crippen molar-refractivity contribution in [1.29, 1.82) is 0 Å². The fraction of sp³-hybridized carbons (Fsp3) is 0.545. The Morgan fingerprint density at radius 3 is 3.00 bits per heavy atom. The molecule has 0 spiro atoms. The van der Waals surface area contributed by atoms with Crippen LogP contribution in [0, 0.1) is 18.8 Å². The highest BCUT2D eigenvalue weighted by Gasteiger charge is 2.00. The summed E-state index contributed by atoms with van der Waals surface area (Å²) in [5, 5.41) is 7.36. The van der Waals surface area contributed by atoms with Crippen molar-refractivity contribution in [3.63, 3.8) is 0 Å². The summed E-state index contributed by atoms with van der Waals surface area (Å²) in [6.07, 6.45) is 3.12. The van der Waals surface area contributed by atoms with Gasteiger partial charge in [0.2, 0.25) is 0 Å². The number of nitrogens with zero attached hydrogens (tertiary/aromatic N) is 2. The first-order chi connectivity index (χ1) is 6.77. The Balaban J connectivity index is 2.73. The molecule has 3 heteroatoms. The largest absolute Gasteiger partial charge is 0.309 e. The van der Waals surface area contributed by atoms with Crippen molar-refractivity contribution < 1.29 is 0 Å². The van der Waals surface area contributed by atoms with E-state index < -0.39 is 0 Å². The molecule has 0 unspecified atom stereocenters. The molecule has 1 aromatic rings. The Morgan fingerprint density at radius 1 is 1.57 bits per heavy atom. The van der Waals surface area contributed by atoms with Crippen molar-refractivity contribution in [3.8, 4) is 11.8 Å². The van der Waals surface area contributed by atoms with E-state index in [1.807, 2.05) is 24.9 Å². The highest BCUT2D eigenvalue weighted by atomic mass is 15.3. The quantitative estimate of drug-likeness (QED) is 0.727. The first-order valence-corrected chi connectivity index (χ1v) is 4.95. The second-order valence-electron chi connectivity index (χ2n) is 3.22. The molecular formula is C11H17N3. The van der Waals surface area contributed by atoms with Gasteiger partial charge in [0.05, 0.1) is 17.8 Å². The normalized spacial score (nSPS) is 9.64. The van der Waals surface area contributed by atoms with E-state index in [1.54, 1.807) is 0 Å². The zero-order chi connectivity index (χ0) is 10.4. The average Bonchev–Trinajstić information content (AvgIpc) is 2.48. The minimum Gasteiger partial charge on any atom is -0.309 e. The summed E-state index contributed by atoms with van der Waals surface area (Å²) < 4.78 is 1.96. The van der Waals surface area contributed by atoms with Crippen LogP contribution in [0.15, 0.2) is 6.20 Å². The van der Waals surface area contributed by atoms with E-state index in [0.717, 1.165) is 30.8 Å². The van der Waals surface area contributed by atoms with Crippen molar-refractivity contribution in [2.45, 2.75) is 26.8 Å². The fourth-order valence-electron chi connectivity index (χ4n) is 1.21. The van der Waals surface area contributed by atoms with Crippen LogP contribution < -0.4 is 5.32 Å². The van der Waals surface area contributed by atoms with Gasteiger partial charge in [-0.15, -0.1) is 0 Å². The van der Waals surface area contributed by atoms with Crippen molar-refractivity contribution in [2.24, 2.45) is 0 Å². The molecule has 0 fully saturated rings. The summed E-state index contributed by atoms with van der Waals surface area (Å²) in [4.78, 5) is 0. The van der Waals surface area contributed by atoms with E-state index in [4.69, 9.17) is 0 Å². The van der Waals surface area contributed by atoms with E-state index in [-0.39, 0.29) is 0 Å². The van der Waals surface area contributed by atoms with Crippen LogP contribution in [0.4, 0.5) is 0 Å². The monoisotopic (exact) mass is 191 g/mol.